The molecule has 1 N–H and O–H groups in total. The van der Waals surface area contributed by atoms with Gasteiger partial charge in [0, 0.05) is 10.4 Å². The summed E-state index contributed by atoms with van der Waals surface area (Å²) in [5.74, 6) is -0.151. The van der Waals surface area contributed by atoms with Crippen molar-refractivity contribution in [2.75, 3.05) is 0 Å². The molecule has 1 aliphatic carbocycles. The number of rotatable bonds is 3. The summed E-state index contributed by atoms with van der Waals surface area (Å²) in [5, 5.41) is 13.1. The van der Waals surface area contributed by atoms with Crippen LogP contribution in [-0.2, 0) is 0 Å². The molecule has 1 fully saturated rings. The zero-order valence-corrected chi connectivity index (χ0v) is 11.9. The van der Waals surface area contributed by atoms with E-state index >= 15 is 0 Å². The van der Waals surface area contributed by atoms with Crippen molar-refractivity contribution < 1.29 is 9.90 Å². The summed E-state index contributed by atoms with van der Waals surface area (Å²) >= 11 is 3.45. The summed E-state index contributed by atoms with van der Waals surface area (Å²) in [6.07, 6.45) is 2.09. The molecule has 98 valence electrons. The van der Waals surface area contributed by atoms with Gasteiger partial charge in [-0.25, -0.2) is 14.5 Å². The van der Waals surface area contributed by atoms with Gasteiger partial charge in [0.15, 0.2) is 0 Å². The van der Waals surface area contributed by atoms with Crippen molar-refractivity contribution in [2.24, 2.45) is 0 Å². The largest absolute Gasteiger partial charge is 0.475 e. The van der Waals surface area contributed by atoms with Gasteiger partial charge in [-0.05, 0) is 43.5 Å². The maximum absolute atomic E-state index is 11.0. The number of hydrogen-bond donors (Lipinski definition) is 1. The van der Waals surface area contributed by atoms with Gasteiger partial charge in [-0.2, -0.15) is 0 Å². The van der Waals surface area contributed by atoms with Crippen molar-refractivity contribution in [3.8, 4) is 5.69 Å². The molecule has 1 aliphatic rings. The fraction of sp³-hybridized carbons (Fsp3) is 0.308. The van der Waals surface area contributed by atoms with Gasteiger partial charge < -0.3 is 5.11 Å². The summed E-state index contributed by atoms with van der Waals surface area (Å²) in [6, 6.07) is 5.88. The average Bonchev–Trinajstić information content (AvgIpc) is 3.06. The fourth-order valence-corrected chi connectivity index (χ4v) is 2.65. The lowest BCUT2D eigenvalue weighted by molar-refractivity contribution is 0.0683. The van der Waals surface area contributed by atoms with Crippen LogP contribution in [0.25, 0.3) is 5.69 Å². The van der Waals surface area contributed by atoms with Crippen molar-refractivity contribution in [1.29, 1.82) is 0 Å². The minimum atomic E-state index is -1.09. The molecule has 2 aromatic rings. The third-order valence-corrected chi connectivity index (χ3v) is 3.50. The Kier molecular flexibility index (Phi) is 2.89. The van der Waals surface area contributed by atoms with Crippen LogP contribution in [0.4, 0.5) is 0 Å². The smallest absolute Gasteiger partial charge is 0.375 e. The van der Waals surface area contributed by atoms with Gasteiger partial charge in [0.05, 0.1) is 5.69 Å². The first-order chi connectivity index (χ1) is 9.04. The van der Waals surface area contributed by atoms with Crippen LogP contribution in [0, 0.1) is 6.92 Å². The fourth-order valence-electron chi connectivity index (χ4n) is 2.05. The number of nitrogens with zero attached hydrogens (tertiary/aromatic N) is 3. The summed E-state index contributed by atoms with van der Waals surface area (Å²) in [6.45, 7) is 1.99. The minimum absolute atomic E-state index is 0.139. The van der Waals surface area contributed by atoms with Gasteiger partial charge >= 0.3 is 5.97 Å². The number of aryl methyl sites for hydroxylation is 1. The quantitative estimate of drug-likeness (QED) is 0.943. The number of benzene rings is 1. The van der Waals surface area contributed by atoms with E-state index in [1.165, 1.54) is 0 Å². The van der Waals surface area contributed by atoms with Gasteiger partial charge in [0.2, 0.25) is 0 Å². The van der Waals surface area contributed by atoms with E-state index in [1.54, 1.807) is 4.68 Å². The molecule has 0 radical (unpaired) electrons. The molecule has 0 aliphatic heterocycles. The predicted octanol–water partition coefficient (Wildman–Crippen LogP) is 2.91. The number of carboxylic acid groups (broad SMARTS) is 1. The molecular formula is C13H12BrN3O2. The molecule has 1 aromatic carbocycles. The molecule has 19 heavy (non-hydrogen) atoms. The van der Waals surface area contributed by atoms with Gasteiger partial charge in [0.25, 0.3) is 5.82 Å². The van der Waals surface area contributed by atoms with Crippen LogP contribution in [0.3, 0.4) is 0 Å². The zero-order valence-electron chi connectivity index (χ0n) is 10.3. The molecular weight excluding hydrogens is 310 g/mol. The molecule has 0 atom stereocenters. The van der Waals surface area contributed by atoms with Gasteiger partial charge in [-0.3, -0.25) is 0 Å². The molecule has 6 heteroatoms. The van der Waals surface area contributed by atoms with Crippen molar-refractivity contribution in [2.45, 2.75) is 25.7 Å². The van der Waals surface area contributed by atoms with E-state index in [4.69, 9.17) is 5.11 Å². The Morgan fingerprint density at radius 2 is 2.16 bits per heavy atom. The highest BCUT2D eigenvalue weighted by molar-refractivity contribution is 9.10. The predicted molar refractivity (Wildman–Crippen MR) is 72.7 cm³/mol. The molecule has 1 aromatic heterocycles. The molecule has 0 amide bonds. The molecule has 5 nitrogen and oxygen atoms in total. The molecule has 0 saturated heterocycles. The topological polar surface area (TPSA) is 68.0 Å². The van der Waals surface area contributed by atoms with E-state index in [0.29, 0.717) is 5.92 Å². The van der Waals surface area contributed by atoms with Crippen LogP contribution < -0.4 is 0 Å². The lowest BCUT2D eigenvalue weighted by Crippen LogP contribution is -2.03. The zero-order chi connectivity index (χ0) is 13.6. The molecule has 0 bridgehead atoms. The van der Waals surface area contributed by atoms with Gasteiger partial charge in [0.1, 0.15) is 5.82 Å². The van der Waals surface area contributed by atoms with E-state index in [2.05, 4.69) is 26.0 Å². The van der Waals surface area contributed by atoms with Crippen molar-refractivity contribution >= 4 is 21.9 Å². The summed E-state index contributed by atoms with van der Waals surface area (Å²) in [5.41, 5.74) is 1.92. The number of carboxylic acids is 1. The Balaban J connectivity index is 2.14. The van der Waals surface area contributed by atoms with E-state index < -0.39 is 5.97 Å². The Hall–Kier alpha value is -1.69. The normalized spacial score (nSPS) is 14.6. The lowest BCUT2D eigenvalue weighted by Gasteiger charge is -2.06. The van der Waals surface area contributed by atoms with Gasteiger partial charge in [-0.15, -0.1) is 5.10 Å². The Morgan fingerprint density at radius 1 is 1.42 bits per heavy atom. The highest BCUT2D eigenvalue weighted by atomic mass is 79.9. The number of aromatic nitrogens is 3. The Morgan fingerprint density at radius 3 is 2.74 bits per heavy atom. The summed E-state index contributed by atoms with van der Waals surface area (Å²) < 4.78 is 2.59. The van der Waals surface area contributed by atoms with Crippen LogP contribution >= 0.6 is 15.9 Å². The number of hydrogen-bond acceptors (Lipinski definition) is 3. The van der Waals surface area contributed by atoms with Gasteiger partial charge in [-0.1, -0.05) is 15.9 Å². The summed E-state index contributed by atoms with van der Waals surface area (Å²) in [7, 11) is 0. The Bertz CT molecular complexity index is 642. The van der Waals surface area contributed by atoms with Crippen LogP contribution in [-0.4, -0.2) is 25.8 Å². The second kappa shape index (κ2) is 4.45. The molecule has 3 rings (SSSR count). The van der Waals surface area contributed by atoms with E-state index in [1.807, 2.05) is 25.1 Å². The second-order valence-corrected chi connectivity index (χ2v) is 5.69. The number of carbonyl (C=O) groups is 1. The van der Waals surface area contributed by atoms with E-state index in [0.717, 1.165) is 34.4 Å². The van der Waals surface area contributed by atoms with Crippen molar-refractivity contribution in [3.63, 3.8) is 0 Å². The first-order valence-electron chi connectivity index (χ1n) is 6.02. The minimum Gasteiger partial charge on any atom is -0.475 e. The molecule has 1 saturated carbocycles. The monoisotopic (exact) mass is 321 g/mol. The SMILES string of the molecule is Cc1cc(Br)cc(-n2nc(C(=O)O)nc2C2CC2)c1. The highest BCUT2D eigenvalue weighted by Crippen LogP contribution is 2.40. The standard InChI is InChI=1S/C13H12BrN3O2/c1-7-4-9(14)6-10(5-7)17-12(8-2-3-8)15-11(16-17)13(18)19/h4-6,8H,2-3H2,1H3,(H,18,19). The summed E-state index contributed by atoms with van der Waals surface area (Å²) in [4.78, 5) is 15.2. The highest BCUT2D eigenvalue weighted by Gasteiger charge is 2.31. The van der Waals surface area contributed by atoms with Crippen molar-refractivity contribution in [1.82, 2.24) is 14.8 Å². The van der Waals surface area contributed by atoms with Crippen LogP contribution in [0.15, 0.2) is 22.7 Å². The second-order valence-electron chi connectivity index (χ2n) is 4.77. The molecule has 0 spiro atoms. The maximum Gasteiger partial charge on any atom is 0.375 e. The van der Waals surface area contributed by atoms with Crippen molar-refractivity contribution in [3.05, 3.63) is 39.9 Å². The lowest BCUT2D eigenvalue weighted by atomic mass is 10.2. The third-order valence-electron chi connectivity index (χ3n) is 3.04. The third kappa shape index (κ3) is 2.40. The van der Waals surface area contributed by atoms with Crippen LogP contribution in [0.1, 0.15) is 40.8 Å². The maximum atomic E-state index is 11.0. The van der Waals surface area contributed by atoms with E-state index in [-0.39, 0.29) is 5.82 Å². The molecule has 0 unspecified atom stereocenters. The number of halogens is 1. The first kappa shape index (κ1) is 12.3. The Labute approximate surface area is 118 Å². The van der Waals surface area contributed by atoms with Crippen LogP contribution in [0.5, 0.6) is 0 Å². The average molecular weight is 322 g/mol. The molecule has 1 heterocycles. The van der Waals surface area contributed by atoms with E-state index in [9.17, 15) is 4.79 Å². The van der Waals surface area contributed by atoms with Crippen LogP contribution in [0.2, 0.25) is 0 Å². The number of aromatic carboxylic acids is 1. The first-order valence-corrected chi connectivity index (χ1v) is 6.81.